The summed E-state index contributed by atoms with van der Waals surface area (Å²) < 4.78 is 0.743. The molecule has 1 aromatic heterocycles. The van der Waals surface area contributed by atoms with Gasteiger partial charge in [-0.3, -0.25) is 4.98 Å². The van der Waals surface area contributed by atoms with Crippen molar-refractivity contribution in [2.45, 2.75) is 0 Å². The molecule has 2 nitrogen and oxygen atoms in total. The molecule has 66 valence electrons. The molecular weight excluding hydrogens is 251 g/mol. The van der Waals surface area contributed by atoms with E-state index in [-0.39, 0.29) is 0 Å². The van der Waals surface area contributed by atoms with Crippen LogP contribution in [0.4, 0.5) is 5.69 Å². The van der Waals surface area contributed by atoms with Gasteiger partial charge in [-0.15, -0.1) is 0 Å². The molecule has 0 aliphatic heterocycles. The van der Waals surface area contributed by atoms with Crippen LogP contribution < -0.4 is 5.73 Å². The van der Waals surface area contributed by atoms with E-state index in [1.807, 2.05) is 12.1 Å². The summed E-state index contributed by atoms with van der Waals surface area (Å²) in [7, 11) is 0. The van der Waals surface area contributed by atoms with Gasteiger partial charge in [0.1, 0.15) is 0 Å². The molecule has 0 spiro atoms. The lowest BCUT2D eigenvalue weighted by Gasteiger charge is -2.04. The highest BCUT2D eigenvalue weighted by atomic mass is 79.9. The van der Waals surface area contributed by atoms with E-state index in [0.717, 1.165) is 15.2 Å². The summed E-state index contributed by atoms with van der Waals surface area (Å²) >= 11 is 9.40. The van der Waals surface area contributed by atoms with E-state index in [0.29, 0.717) is 10.7 Å². The Morgan fingerprint density at radius 3 is 3.00 bits per heavy atom. The van der Waals surface area contributed by atoms with Crippen molar-refractivity contribution in [1.82, 2.24) is 4.98 Å². The molecule has 1 aromatic carbocycles. The molecule has 0 fully saturated rings. The third-order valence-corrected chi connectivity index (χ3v) is 3.32. The topological polar surface area (TPSA) is 38.9 Å². The monoisotopic (exact) mass is 256 g/mol. The Labute approximate surface area is 88.8 Å². The average Bonchev–Trinajstić information content (AvgIpc) is 2.15. The van der Waals surface area contributed by atoms with E-state index >= 15 is 0 Å². The average molecular weight is 258 g/mol. The Balaban J connectivity index is 2.94. The van der Waals surface area contributed by atoms with Crippen molar-refractivity contribution in [3.05, 3.63) is 34.0 Å². The minimum absolute atomic E-state index is 0.630. The van der Waals surface area contributed by atoms with E-state index in [1.54, 1.807) is 12.4 Å². The quantitative estimate of drug-likeness (QED) is 0.736. The lowest BCUT2D eigenvalue weighted by atomic mass is 10.1. The summed E-state index contributed by atoms with van der Waals surface area (Å²) in [6, 6.07) is 3.71. The van der Waals surface area contributed by atoms with Gasteiger partial charge in [-0.05, 0) is 28.1 Å². The van der Waals surface area contributed by atoms with Crippen LogP contribution in [0, 0.1) is 0 Å². The van der Waals surface area contributed by atoms with Crippen LogP contribution in [0.25, 0.3) is 10.8 Å². The van der Waals surface area contributed by atoms with Crippen molar-refractivity contribution in [3.63, 3.8) is 0 Å². The molecule has 0 saturated heterocycles. The summed E-state index contributed by atoms with van der Waals surface area (Å²) in [6.07, 6.45) is 3.45. The minimum Gasteiger partial charge on any atom is -0.398 e. The Morgan fingerprint density at radius 2 is 2.23 bits per heavy atom. The minimum atomic E-state index is 0.630. The normalized spacial score (nSPS) is 10.6. The lowest BCUT2D eigenvalue weighted by molar-refractivity contribution is 1.36. The summed E-state index contributed by atoms with van der Waals surface area (Å²) in [4.78, 5) is 4.00. The largest absolute Gasteiger partial charge is 0.398 e. The molecule has 0 unspecified atom stereocenters. The van der Waals surface area contributed by atoms with Crippen molar-refractivity contribution in [3.8, 4) is 0 Å². The van der Waals surface area contributed by atoms with Crippen LogP contribution in [0.2, 0.25) is 5.02 Å². The first kappa shape index (κ1) is 8.78. The van der Waals surface area contributed by atoms with Crippen molar-refractivity contribution < 1.29 is 0 Å². The number of halogens is 2. The number of nitrogen functional groups attached to an aromatic ring is 1. The Hall–Kier alpha value is -0.800. The van der Waals surface area contributed by atoms with Gasteiger partial charge >= 0.3 is 0 Å². The van der Waals surface area contributed by atoms with Gasteiger partial charge in [-0.1, -0.05) is 11.6 Å². The van der Waals surface area contributed by atoms with Gasteiger partial charge in [0.25, 0.3) is 0 Å². The van der Waals surface area contributed by atoms with E-state index in [2.05, 4.69) is 20.9 Å². The SMILES string of the molecule is Nc1cc2cnccc2c(Cl)c1Br. The van der Waals surface area contributed by atoms with Crippen LogP contribution in [0.15, 0.2) is 29.0 Å². The van der Waals surface area contributed by atoms with Crippen molar-refractivity contribution in [2.75, 3.05) is 5.73 Å². The second-order valence-corrected chi connectivity index (χ2v) is 3.86. The Kier molecular flexibility index (Phi) is 2.14. The number of nitrogens with two attached hydrogens (primary N) is 1. The number of fused-ring (bicyclic) bond motifs is 1. The third-order valence-electron chi connectivity index (χ3n) is 1.85. The van der Waals surface area contributed by atoms with Gasteiger partial charge in [0.05, 0.1) is 9.50 Å². The Morgan fingerprint density at radius 1 is 1.46 bits per heavy atom. The van der Waals surface area contributed by atoms with Gasteiger partial charge in [0.2, 0.25) is 0 Å². The number of nitrogens with zero attached hydrogens (tertiary/aromatic N) is 1. The molecule has 0 atom stereocenters. The predicted octanol–water partition coefficient (Wildman–Crippen LogP) is 3.23. The van der Waals surface area contributed by atoms with Crippen molar-refractivity contribution in [2.24, 2.45) is 0 Å². The fourth-order valence-corrected chi connectivity index (χ4v) is 1.81. The summed E-state index contributed by atoms with van der Waals surface area (Å²) in [5, 5.41) is 2.54. The summed E-state index contributed by atoms with van der Waals surface area (Å²) in [6.45, 7) is 0. The molecule has 13 heavy (non-hydrogen) atoms. The van der Waals surface area contributed by atoms with E-state index < -0.39 is 0 Å². The van der Waals surface area contributed by atoms with Gasteiger partial charge in [-0.25, -0.2) is 0 Å². The maximum Gasteiger partial charge on any atom is 0.0648 e. The van der Waals surface area contributed by atoms with Gasteiger partial charge in [0.15, 0.2) is 0 Å². The molecule has 2 rings (SSSR count). The Bertz CT molecular complexity index is 470. The fourth-order valence-electron chi connectivity index (χ4n) is 1.20. The molecule has 0 radical (unpaired) electrons. The number of hydrogen-bond donors (Lipinski definition) is 1. The van der Waals surface area contributed by atoms with Crippen LogP contribution >= 0.6 is 27.5 Å². The maximum absolute atomic E-state index is 6.08. The smallest absolute Gasteiger partial charge is 0.0648 e. The van der Waals surface area contributed by atoms with Crippen molar-refractivity contribution in [1.29, 1.82) is 0 Å². The maximum atomic E-state index is 6.08. The van der Waals surface area contributed by atoms with Crippen LogP contribution in [0.1, 0.15) is 0 Å². The molecule has 2 aromatic rings. The van der Waals surface area contributed by atoms with Gasteiger partial charge < -0.3 is 5.73 Å². The predicted molar refractivity (Wildman–Crippen MR) is 58.9 cm³/mol. The van der Waals surface area contributed by atoms with Crippen LogP contribution in [-0.2, 0) is 0 Å². The molecule has 0 aliphatic carbocycles. The third kappa shape index (κ3) is 1.38. The van der Waals surface area contributed by atoms with Crippen LogP contribution in [-0.4, -0.2) is 4.98 Å². The number of hydrogen-bond acceptors (Lipinski definition) is 2. The summed E-state index contributed by atoms with van der Waals surface area (Å²) in [5.41, 5.74) is 6.36. The molecule has 0 saturated carbocycles. The molecule has 0 amide bonds. The highest BCUT2D eigenvalue weighted by Crippen LogP contribution is 2.35. The van der Waals surface area contributed by atoms with E-state index in [4.69, 9.17) is 17.3 Å². The number of pyridine rings is 1. The molecular formula is C9H6BrClN2. The van der Waals surface area contributed by atoms with Crippen LogP contribution in [0.3, 0.4) is 0 Å². The van der Waals surface area contributed by atoms with Gasteiger partial charge in [-0.2, -0.15) is 0 Å². The lowest BCUT2D eigenvalue weighted by Crippen LogP contribution is -1.88. The zero-order valence-electron chi connectivity index (χ0n) is 6.59. The second kappa shape index (κ2) is 3.16. The number of aromatic nitrogens is 1. The molecule has 2 N–H and O–H groups in total. The number of benzene rings is 1. The zero-order valence-corrected chi connectivity index (χ0v) is 8.93. The van der Waals surface area contributed by atoms with Crippen molar-refractivity contribution >= 4 is 44.0 Å². The highest BCUT2D eigenvalue weighted by Gasteiger charge is 2.06. The zero-order chi connectivity index (χ0) is 9.42. The highest BCUT2D eigenvalue weighted by molar-refractivity contribution is 9.10. The number of rotatable bonds is 0. The molecule has 4 heteroatoms. The van der Waals surface area contributed by atoms with Gasteiger partial charge in [0, 0.05) is 28.9 Å². The van der Waals surface area contributed by atoms with Crippen LogP contribution in [0.5, 0.6) is 0 Å². The molecule has 0 bridgehead atoms. The van der Waals surface area contributed by atoms with E-state index in [9.17, 15) is 0 Å². The first-order valence-corrected chi connectivity index (χ1v) is 4.84. The number of anilines is 1. The standard InChI is InChI=1S/C9H6BrClN2/c10-8-7(12)3-5-4-13-2-1-6(5)9(8)11/h1-4H,12H2. The second-order valence-electron chi connectivity index (χ2n) is 2.69. The first-order valence-electron chi connectivity index (χ1n) is 3.67. The van der Waals surface area contributed by atoms with E-state index in [1.165, 1.54) is 0 Å². The first-order chi connectivity index (χ1) is 6.20. The summed E-state index contributed by atoms with van der Waals surface area (Å²) in [5.74, 6) is 0. The fraction of sp³-hybridized carbons (Fsp3) is 0. The molecule has 1 heterocycles. The molecule has 0 aliphatic rings.